The SMILES string of the molecule is CC(C)(C)OC(=O)N1CC(O)CC1CN=[N+]=[N-]. The molecule has 2 unspecified atom stereocenters. The van der Waals surface area contributed by atoms with Gasteiger partial charge in [0.15, 0.2) is 0 Å². The van der Waals surface area contributed by atoms with Crippen molar-refractivity contribution in [3.05, 3.63) is 10.4 Å². The Bertz CT molecular complexity index is 333. The van der Waals surface area contributed by atoms with Gasteiger partial charge in [-0.3, -0.25) is 0 Å². The summed E-state index contributed by atoms with van der Waals surface area (Å²) in [6.45, 7) is 5.72. The lowest BCUT2D eigenvalue weighted by molar-refractivity contribution is 0.0214. The molecule has 0 aromatic heterocycles. The van der Waals surface area contributed by atoms with Crippen LogP contribution in [-0.4, -0.2) is 46.9 Å². The summed E-state index contributed by atoms with van der Waals surface area (Å²) < 4.78 is 5.22. The summed E-state index contributed by atoms with van der Waals surface area (Å²) in [6, 6.07) is -0.282. The second-order valence-electron chi connectivity index (χ2n) is 5.09. The van der Waals surface area contributed by atoms with Gasteiger partial charge in [0.05, 0.1) is 12.6 Å². The van der Waals surface area contributed by atoms with Gasteiger partial charge in [-0.1, -0.05) is 5.11 Å². The van der Waals surface area contributed by atoms with Crippen molar-refractivity contribution >= 4 is 6.09 Å². The number of β-amino-alcohol motifs (C(OH)–C–C–N with tert-alkyl or cyclic N) is 1. The van der Waals surface area contributed by atoms with Gasteiger partial charge in [0.25, 0.3) is 0 Å². The summed E-state index contributed by atoms with van der Waals surface area (Å²) in [6.07, 6.45) is -0.647. The zero-order valence-corrected chi connectivity index (χ0v) is 10.3. The summed E-state index contributed by atoms with van der Waals surface area (Å²) >= 11 is 0. The fourth-order valence-electron chi connectivity index (χ4n) is 1.74. The molecule has 1 saturated heterocycles. The number of hydrogen-bond donors (Lipinski definition) is 1. The van der Waals surface area contributed by atoms with E-state index in [1.165, 1.54) is 4.90 Å². The van der Waals surface area contributed by atoms with Crippen LogP contribution in [0.1, 0.15) is 27.2 Å². The molecule has 0 saturated carbocycles. The Balaban J connectivity index is 2.66. The van der Waals surface area contributed by atoms with Crippen LogP contribution in [0.25, 0.3) is 10.4 Å². The van der Waals surface area contributed by atoms with Gasteiger partial charge in [-0.15, -0.1) is 0 Å². The fraction of sp³-hybridized carbons (Fsp3) is 0.900. The Morgan fingerprint density at radius 2 is 2.29 bits per heavy atom. The molecule has 0 aromatic carbocycles. The van der Waals surface area contributed by atoms with Crippen LogP contribution in [0.2, 0.25) is 0 Å². The predicted octanol–water partition coefficient (Wildman–Crippen LogP) is 1.67. The molecule has 1 amide bonds. The van der Waals surface area contributed by atoms with Gasteiger partial charge in [-0.2, -0.15) is 0 Å². The maximum atomic E-state index is 11.8. The van der Waals surface area contributed by atoms with Crippen molar-refractivity contribution in [3.63, 3.8) is 0 Å². The Hall–Kier alpha value is -1.46. The average molecular weight is 242 g/mol. The van der Waals surface area contributed by atoms with Crippen molar-refractivity contribution in [1.82, 2.24) is 4.90 Å². The molecule has 17 heavy (non-hydrogen) atoms. The Kier molecular flexibility index (Phi) is 4.20. The van der Waals surface area contributed by atoms with Gasteiger partial charge < -0.3 is 14.7 Å². The van der Waals surface area contributed by atoms with E-state index in [0.717, 1.165) is 0 Å². The lowest BCUT2D eigenvalue weighted by Gasteiger charge is -2.27. The highest BCUT2D eigenvalue weighted by molar-refractivity contribution is 5.69. The molecule has 0 aliphatic carbocycles. The van der Waals surface area contributed by atoms with Gasteiger partial charge in [0.1, 0.15) is 5.60 Å². The van der Waals surface area contributed by atoms with E-state index in [1.54, 1.807) is 20.8 Å². The smallest absolute Gasteiger partial charge is 0.410 e. The molecule has 96 valence electrons. The van der Waals surface area contributed by atoms with E-state index in [0.29, 0.717) is 6.42 Å². The van der Waals surface area contributed by atoms with E-state index in [9.17, 15) is 9.90 Å². The number of amides is 1. The lowest BCUT2D eigenvalue weighted by Crippen LogP contribution is -2.41. The number of rotatable bonds is 2. The zero-order valence-electron chi connectivity index (χ0n) is 10.3. The van der Waals surface area contributed by atoms with E-state index in [1.807, 2.05) is 0 Å². The quantitative estimate of drug-likeness (QED) is 0.453. The van der Waals surface area contributed by atoms with Crippen LogP contribution in [-0.2, 0) is 4.74 Å². The van der Waals surface area contributed by atoms with E-state index in [-0.39, 0.29) is 19.1 Å². The minimum atomic E-state index is -0.582. The van der Waals surface area contributed by atoms with E-state index in [2.05, 4.69) is 10.0 Å². The van der Waals surface area contributed by atoms with E-state index >= 15 is 0 Å². The van der Waals surface area contributed by atoms with Crippen molar-refractivity contribution in [1.29, 1.82) is 0 Å². The van der Waals surface area contributed by atoms with Crippen LogP contribution in [0.5, 0.6) is 0 Å². The monoisotopic (exact) mass is 242 g/mol. The number of carbonyl (C=O) groups is 1. The van der Waals surface area contributed by atoms with Crippen LogP contribution in [0, 0.1) is 0 Å². The third-order valence-electron chi connectivity index (χ3n) is 2.38. The van der Waals surface area contributed by atoms with E-state index in [4.69, 9.17) is 10.3 Å². The first kappa shape index (κ1) is 13.6. The number of nitrogens with zero attached hydrogens (tertiary/aromatic N) is 4. The maximum Gasteiger partial charge on any atom is 0.410 e. The molecule has 1 aliphatic heterocycles. The standard InChI is InChI=1S/C10H18N4O3/c1-10(2,3)17-9(16)14-6-8(15)4-7(14)5-12-13-11/h7-8,15H,4-6H2,1-3H3. The van der Waals surface area contributed by atoms with Crippen molar-refractivity contribution < 1.29 is 14.6 Å². The average Bonchev–Trinajstić information content (AvgIpc) is 2.54. The first-order chi connectivity index (χ1) is 7.83. The molecule has 1 fully saturated rings. The highest BCUT2D eigenvalue weighted by Gasteiger charge is 2.36. The van der Waals surface area contributed by atoms with Crippen LogP contribution < -0.4 is 0 Å². The molecule has 0 spiro atoms. The van der Waals surface area contributed by atoms with Crippen molar-refractivity contribution in [2.75, 3.05) is 13.1 Å². The van der Waals surface area contributed by atoms with Gasteiger partial charge in [0, 0.05) is 17.5 Å². The Morgan fingerprint density at radius 1 is 1.65 bits per heavy atom. The minimum Gasteiger partial charge on any atom is -0.444 e. The van der Waals surface area contributed by atoms with Crippen molar-refractivity contribution in [3.8, 4) is 0 Å². The van der Waals surface area contributed by atoms with Crippen LogP contribution >= 0.6 is 0 Å². The third kappa shape index (κ3) is 4.13. The second kappa shape index (κ2) is 5.25. The molecule has 2 atom stereocenters. The van der Waals surface area contributed by atoms with Gasteiger partial charge in [-0.05, 0) is 32.7 Å². The van der Waals surface area contributed by atoms with Gasteiger partial charge >= 0.3 is 6.09 Å². The van der Waals surface area contributed by atoms with Crippen LogP contribution in [0.3, 0.4) is 0 Å². The minimum absolute atomic E-state index is 0.160. The molecule has 7 heteroatoms. The lowest BCUT2D eigenvalue weighted by atomic mass is 10.2. The number of hydrogen-bond acceptors (Lipinski definition) is 4. The Labute approximate surface area is 100.0 Å². The number of aliphatic hydroxyl groups is 1. The molecule has 7 nitrogen and oxygen atoms in total. The molecule has 0 radical (unpaired) electrons. The fourth-order valence-corrected chi connectivity index (χ4v) is 1.74. The van der Waals surface area contributed by atoms with Gasteiger partial charge in [-0.25, -0.2) is 4.79 Å². The molecule has 1 heterocycles. The summed E-state index contributed by atoms with van der Waals surface area (Å²) in [4.78, 5) is 15.9. The van der Waals surface area contributed by atoms with Crippen molar-refractivity contribution in [2.45, 2.75) is 44.9 Å². The number of carbonyl (C=O) groups excluding carboxylic acids is 1. The van der Waals surface area contributed by atoms with E-state index < -0.39 is 17.8 Å². The zero-order chi connectivity index (χ0) is 13.1. The summed E-state index contributed by atoms with van der Waals surface area (Å²) in [5.74, 6) is 0. The normalized spacial score (nSPS) is 24.4. The maximum absolute atomic E-state index is 11.8. The predicted molar refractivity (Wildman–Crippen MR) is 61.4 cm³/mol. The molecule has 1 aliphatic rings. The van der Waals surface area contributed by atoms with Crippen LogP contribution in [0.15, 0.2) is 5.11 Å². The largest absolute Gasteiger partial charge is 0.444 e. The number of ether oxygens (including phenoxy) is 1. The summed E-state index contributed by atoms with van der Waals surface area (Å²) in [7, 11) is 0. The molecule has 1 N–H and O–H groups in total. The molecular weight excluding hydrogens is 224 g/mol. The molecule has 0 aromatic rings. The highest BCUT2D eigenvalue weighted by Crippen LogP contribution is 2.21. The first-order valence-corrected chi connectivity index (χ1v) is 5.52. The number of azide groups is 1. The molecular formula is C10H18N4O3. The topological polar surface area (TPSA) is 98.5 Å². The summed E-state index contributed by atoms with van der Waals surface area (Å²) in [5, 5.41) is 13.0. The van der Waals surface area contributed by atoms with Crippen LogP contribution in [0.4, 0.5) is 4.79 Å². The highest BCUT2D eigenvalue weighted by atomic mass is 16.6. The molecule has 1 rings (SSSR count). The van der Waals surface area contributed by atoms with Crippen molar-refractivity contribution in [2.24, 2.45) is 5.11 Å². The summed E-state index contributed by atoms with van der Waals surface area (Å²) in [5.41, 5.74) is 7.69. The molecule has 0 bridgehead atoms. The second-order valence-corrected chi connectivity index (χ2v) is 5.09. The number of likely N-dealkylation sites (tertiary alicyclic amines) is 1. The van der Waals surface area contributed by atoms with Gasteiger partial charge in [0.2, 0.25) is 0 Å². The first-order valence-electron chi connectivity index (χ1n) is 5.52. The third-order valence-corrected chi connectivity index (χ3v) is 2.38. The number of aliphatic hydroxyl groups excluding tert-OH is 1. The Morgan fingerprint density at radius 3 is 2.82 bits per heavy atom.